The van der Waals surface area contributed by atoms with Crippen LogP contribution in [0.3, 0.4) is 0 Å². The summed E-state index contributed by atoms with van der Waals surface area (Å²) in [6.45, 7) is 0.484. The zero-order valence-corrected chi connectivity index (χ0v) is 13.4. The third-order valence-electron chi connectivity index (χ3n) is 3.25. The fraction of sp³-hybridized carbons (Fsp3) is 0.188. The second kappa shape index (κ2) is 8.28. The standard InChI is InChI=1S/C16H16ClN3O4/c17-15-9-12(3-6-14(15)16(22)18-7-8-21)19-10-11-1-4-13(5-2-11)20(23)24/h1-6,9,19,21H,7-8,10H2,(H,18,22). The number of benzene rings is 2. The Balaban J connectivity index is 1.99. The highest BCUT2D eigenvalue weighted by molar-refractivity contribution is 6.34. The van der Waals surface area contributed by atoms with Gasteiger partial charge in [-0.15, -0.1) is 0 Å². The number of anilines is 1. The first-order chi connectivity index (χ1) is 11.5. The molecule has 0 unspecified atom stereocenters. The van der Waals surface area contributed by atoms with E-state index in [1.807, 2.05) is 0 Å². The predicted octanol–water partition coefficient (Wildman–Crippen LogP) is 2.58. The van der Waals surface area contributed by atoms with Gasteiger partial charge < -0.3 is 15.7 Å². The van der Waals surface area contributed by atoms with Gasteiger partial charge >= 0.3 is 0 Å². The smallest absolute Gasteiger partial charge is 0.269 e. The number of nitro groups is 1. The Morgan fingerprint density at radius 3 is 2.50 bits per heavy atom. The molecule has 8 heteroatoms. The normalized spacial score (nSPS) is 10.2. The number of hydrogen-bond donors (Lipinski definition) is 3. The summed E-state index contributed by atoms with van der Waals surface area (Å²) in [7, 11) is 0. The van der Waals surface area contributed by atoms with E-state index in [9.17, 15) is 14.9 Å². The number of halogens is 1. The van der Waals surface area contributed by atoms with E-state index in [0.29, 0.717) is 17.1 Å². The SMILES string of the molecule is O=C(NCCO)c1ccc(NCc2ccc([N+](=O)[O-])cc2)cc1Cl. The van der Waals surface area contributed by atoms with Gasteiger partial charge in [0.2, 0.25) is 0 Å². The number of non-ortho nitro benzene ring substituents is 1. The Labute approximate surface area is 143 Å². The maximum atomic E-state index is 11.8. The third-order valence-corrected chi connectivity index (χ3v) is 3.57. The first kappa shape index (κ1) is 17.7. The van der Waals surface area contributed by atoms with Crippen molar-refractivity contribution in [1.82, 2.24) is 5.32 Å². The van der Waals surface area contributed by atoms with Gasteiger partial charge in [-0.05, 0) is 23.8 Å². The van der Waals surface area contributed by atoms with Gasteiger partial charge in [-0.1, -0.05) is 23.7 Å². The summed E-state index contributed by atoms with van der Waals surface area (Å²) in [4.78, 5) is 22.0. The number of aliphatic hydroxyl groups excluding tert-OH is 1. The maximum Gasteiger partial charge on any atom is 0.269 e. The van der Waals surface area contributed by atoms with E-state index in [1.54, 1.807) is 30.3 Å². The van der Waals surface area contributed by atoms with Crippen LogP contribution in [0.2, 0.25) is 5.02 Å². The van der Waals surface area contributed by atoms with Crippen molar-refractivity contribution in [2.45, 2.75) is 6.54 Å². The molecule has 7 nitrogen and oxygen atoms in total. The van der Waals surface area contributed by atoms with Crippen molar-refractivity contribution in [2.75, 3.05) is 18.5 Å². The topological polar surface area (TPSA) is 104 Å². The van der Waals surface area contributed by atoms with E-state index < -0.39 is 4.92 Å². The van der Waals surface area contributed by atoms with Crippen molar-refractivity contribution in [3.63, 3.8) is 0 Å². The highest BCUT2D eigenvalue weighted by Gasteiger charge is 2.10. The van der Waals surface area contributed by atoms with Crippen LogP contribution in [0.15, 0.2) is 42.5 Å². The molecule has 0 spiro atoms. The number of nitro benzene ring substituents is 1. The second-order valence-electron chi connectivity index (χ2n) is 4.95. The van der Waals surface area contributed by atoms with Gasteiger partial charge in [-0.3, -0.25) is 14.9 Å². The van der Waals surface area contributed by atoms with Gasteiger partial charge in [0, 0.05) is 30.9 Å². The van der Waals surface area contributed by atoms with Crippen molar-refractivity contribution in [2.24, 2.45) is 0 Å². The molecule has 0 aliphatic heterocycles. The van der Waals surface area contributed by atoms with E-state index in [4.69, 9.17) is 16.7 Å². The Morgan fingerprint density at radius 1 is 1.21 bits per heavy atom. The summed E-state index contributed by atoms with van der Waals surface area (Å²) in [6, 6.07) is 11.2. The molecule has 0 aliphatic rings. The molecule has 0 atom stereocenters. The Bertz CT molecular complexity index is 735. The zero-order valence-electron chi connectivity index (χ0n) is 12.7. The summed E-state index contributed by atoms with van der Waals surface area (Å²) >= 11 is 6.10. The van der Waals surface area contributed by atoms with E-state index >= 15 is 0 Å². The van der Waals surface area contributed by atoms with Crippen LogP contribution in [0.25, 0.3) is 0 Å². The molecule has 0 aliphatic carbocycles. The summed E-state index contributed by atoms with van der Waals surface area (Å²) in [5.41, 5.74) is 1.96. The lowest BCUT2D eigenvalue weighted by Gasteiger charge is -2.10. The Morgan fingerprint density at radius 2 is 1.92 bits per heavy atom. The molecule has 0 radical (unpaired) electrons. The van der Waals surface area contributed by atoms with Crippen molar-refractivity contribution < 1.29 is 14.8 Å². The average Bonchev–Trinajstić information content (AvgIpc) is 2.58. The van der Waals surface area contributed by atoms with Crippen molar-refractivity contribution in [1.29, 1.82) is 0 Å². The number of nitrogens with one attached hydrogen (secondary N) is 2. The van der Waals surface area contributed by atoms with Crippen LogP contribution in [-0.2, 0) is 6.54 Å². The molecule has 0 saturated heterocycles. The number of amides is 1. The first-order valence-corrected chi connectivity index (χ1v) is 7.55. The average molecular weight is 350 g/mol. The van der Waals surface area contributed by atoms with Gasteiger partial charge in [0.1, 0.15) is 0 Å². The molecular weight excluding hydrogens is 334 g/mol. The van der Waals surface area contributed by atoms with E-state index in [2.05, 4.69) is 10.6 Å². The molecule has 2 aromatic carbocycles. The number of rotatable bonds is 7. The quantitative estimate of drug-likeness (QED) is 0.526. The maximum absolute atomic E-state index is 11.8. The molecule has 3 N–H and O–H groups in total. The lowest BCUT2D eigenvalue weighted by atomic mass is 10.1. The van der Waals surface area contributed by atoms with E-state index in [-0.39, 0.29) is 24.7 Å². The number of hydrogen-bond acceptors (Lipinski definition) is 5. The Kier molecular flexibility index (Phi) is 6.11. The summed E-state index contributed by atoms with van der Waals surface area (Å²) < 4.78 is 0. The van der Waals surface area contributed by atoms with Gasteiger partial charge in [-0.2, -0.15) is 0 Å². The summed E-state index contributed by atoms with van der Waals surface area (Å²) in [5.74, 6) is -0.351. The third kappa shape index (κ3) is 4.68. The van der Waals surface area contributed by atoms with Crippen molar-refractivity contribution in [3.8, 4) is 0 Å². The van der Waals surface area contributed by atoms with Gasteiger partial charge in [0.05, 0.1) is 22.1 Å². The number of nitrogens with zero attached hydrogens (tertiary/aromatic N) is 1. The lowest BCUT2D eigenvalue weighted by Crippen LogP contribution is -2.26. The highest BCUT2D eigenvalue weighted by Crippen LogP contribution is 2.22. The Hall–Kier alpha value is -2.64. The van der Waals surface area contributed by atoms with Gasteiger partial charge in [-0.25, -0.2) is 0 Å². The molecule has 1 amide bonds. The molecular formula is C16H16ClN3O4. The van der Waals surface area contributed by atoms with Crippen LogP contribution in [0.4, 0.5) is 11.4 Å². The minimum Gasteiger partial charge on any atom is -0.395 e. The lowest BCUT2D eigenvalue weighted by molar-refractivity contribution is -0.384. The van der Waals surface area contributed by atoms with E-state index in [1.165, 1.54) is 12.1 Å². The molecule has 0 bridgehead atoms. The highest BCUT2D eigenvalue weighted by atomic mass is 35.5. The van der Waals surface area contributed by atoms with Crippen LogP contribution < -0.4 is 10.6 Å². The minimum absolute atomic E-state index is 0.0417. The zero-order chi connectivity index (χ0) is 17.5. The van der Waals surface area contributed by atoms with Gasteiger partial charge in [0.15, 0.2) is 0 Å². The molecule has 0 fully saturated rings. The number of carbonyl (C=O) groups excluding carboxylic acids is 1. The van der Waals surface area contributed by atoms with Crippen LogP contribution in [-0.4, -0.2) is 29.1 Å². The summed E-state index contributed by atoms with van der Waals surface area (Å²) in [6.07, 6.45) is 0. The number of aliphatic hydroxyl groups is 1. The summed E-state index contributed by atoms with van der Waals surface area (Å²) in [5, 5.41) is 25.3. The largest absolute Gasteiger partial charge is 0.395 e. The fourth-order valence-electron chi connectivity index (χ4n) is 2.01. The molecule has 0 aromatic heterocycles. The molecule has 2 aromatic rings. The van der Waals surface area contributed by atoms with Crippen LogP contribution in [0, 0.1) is 10.1 Å². The van der Waals surface area contributed by atoms with Gasteiger partial charge in [0.25, 0.3) is 11.6 Å². The predicted molar refractivity (Wildman–Crippen MR) is 91.3 cm³/mol. The first-order valence-electron chi connectivity index (χ1n) is 7.17. The molecule has 126 valence electrons. The molecule has 0 saturated carbocycles. The monoisotopic (exact) mass is 349 g/mol. The second-order valence-corrected chi connectivity index (χ2v) is 5.36. The van der Waals surface area contributed by atoms with Crippen molar-refractivity contribution in [3.05, 3.63) is 68.7 Å². The van der Waals surface area contributed by atoms with Crippen LogP contribution >= 0.6 is 11.6 Å². The molecule has 0 heterocycles. The van der Waals surface area contributed by atoms with Crippen LogP contribution in [0.1, 0.15) is 15.9 Å². The minimum atomic E-state index is -0.447. The molecule has 2 rings (SSSR count). The van der Waals surface area contributed by atoms with Crippen LogP contribution in [0.5, 0.6) is 0 Å². The molecule has 24 heavy (non-hydrogen) atoms. The fourth-order valence-corrected chi connectivity index (χ4v) is 2.28. The van der Waals surface area contributed by atoms with Crippen molar-refractivity contribution >= 4 is 28.9 Å². The van der Waals surface area contributed by atoms with E-state index in [0.717, 1.165) is 11.3 Å². The number of carbonyl (C=O) groups is 1.